The van der Waals surface area contributed by atoms with Gasteiger partial charge in [-0.25, -0.2) is 0 Å². The molecule has 2 aromatic carbocycles. The number of aliphatic hydroxyl groups excluding tert-OH is 1. The number of rotatable bonds is 4. The van der Waals surface area contributed by atoms with Gasteiger partial charge in [-0.05, 0) is 36.9 Å². The SMILES string of the molecule is OC[C@@H]1CCN(Cc2cc(Cl)c(Cl)cc2O)[C@H](c2ccccc2)C1. The molecule has 24 heavy (non-hydrogen) atoms. The lowest BCUT2D eigenvalue weighted by atomic mass is 9.87. The second-order valence-corrected chi connectivity index (χ2v) is 7.18. The Balaban J connectivity index is 1.86. The van der Waals surface area contributed by atoms with Crippen LogP contribution in [0.1, 0.15) is 30.0 Å². The smallest absolute Gasteiger partial charge is 0.121 e. The highest BCUT2D eigenvalue weighted by Gasteiger charge is 2.29. The monoisotopic (exact) mass is 365 g/mol. The summed E-state index contributed by atoms with van der Waals surface area (Å²) in [4.78, 5) is 2.33. The van der Waals surface area contributed by atoms with Gasteiger partial charge in [0, 0.05) is 30.8 Å². The molecule has 1 fully saturated rings. The molecule has 0 aliphatic carbocycles. The van der Waals surface area contributed by atoms with Gasteiger partial charge in [0.2, 0.25) is 0 Å². The van der Waals surface area contributed by atoms with Crippen molar-refractivity contribution in [2.45, 2.75) is 25.4 Å². The average Bonchev–Trinajstić information content (AvgIpc) is 2.60. The molecule has 1 aliphatic heterocycles. The van der Waals surface area contributed by atoms with Crippen LogP contribution in [0.4, 0.5) is 0 Å². The van der Waals surface area contributed by atoms with Crippen LogP contribution in [-0.2, 0) is 6.54 Å². The van der Waals surface area contributed by atoms with E-state index in [2.05, 4.69) is 17.0 Å². The van der Waals surface area contributed by atoms with E-state index < -0.39 is 0 Å². The number of halogens is 2. The van der Waals surface area contributed by atoms with Gasteiger partial charge in [0.25, 0.3) is 0 Å². The molecule has 1 saturated heterocycles. The third-order valence-corrected chi connectivity index (χ3v) is 5.48. The van der Waals surface area contributed by atoms with Gasteiger partial charge in [0.1, 0.15) is 5.75 Å². The largest absolute Gasteiger partial charge is 0.508 e. The van der Waals surface area contributed by atoms with Crippen LogP contribution >= 0.6 is 23.2 Å². The molecule has 0 radical (unpaired) electrons. The van der Waals surface area contributed by atoms with Crippen molar-refractivity contribution in [1.82, 2.24) is 4.90 Å². The summed E-state index contributed by atoms with van der Waals surface area (Å²) in [5.41, 5.74) is 2.00. The molecule has 3 nitrogen and oxygen atoms in total. The first kappa shape index (κ1) is 17.6. The molecule has 5 heteroatoms. The van der Waals surface area contributed by atoms with Crippen LogP contribution in [0.25, 0.3) is 0 Å². The van der Waals surface area contributed by atoms with Crippen LogP contribution in [0, 0.1) is 5.92 Å². The minimum absolute atomic E-state index is 0.167. The molecule has 0 bridgehead atoms. The second-order valence-electron chi connectivity index (χ2n) is 6.36. The van der Waals surface area contributed by atoms with Crippen LogP contribution in [0.15, 0.2) is 42.5 Å². The predicted molar refractivity (Wildman–Crippen MR) is 97.5 cm³/mol. The lowest BCUT2D eigenvalue weighted by Gasteiger charge is -2.39. The molecule has 0 spiro atoms. The van der Waals surface area contributed by atoms with E-state index in [1.807, 2.05) is 18.2 Å². The van der Waals surface area contributed by atoms with E-state index >= 15 is 0 Å². The number of benzene rings is 2. The lowest BCUT2D eigenvalue weighted by Crippen LogP contribution is -2.37. The molecule has 1 aliphatic rings. The van der Waals surface area contributed by atoms with Crippen molar-refractivity contribution >= 4 is 23.2 Å². The zero-order valence-electron chi connectivity index (χ0n) is 13.3. The first-order valence-corrected chi connectivity index (χ1v) is 8.90. The summed E-state index contributed by atoms with van der Waals surface area (Å²) in [6.45, 7) is 1.68. The molecule has 0 unspecified atom stereocenters. The molecular formula is C19H21Cl2NO2. The van der Waals surface area contributed by atoms with Crippen molar-refractivity contribution in [2.75, 3.05) is 13.2 Å². The summed E-state index contributed by atoms with van der Waals surface area (Å²) in [6.07, 6.45) is 1.85. The lowest BCUT2D eigenvalue weighted by molar-refractivity contribution is 0.0742. The maximum Gasteiger partial charge on any atom is 0.121 e. The van der Waals surface area contributed by atoms with Crippen molar-refractivity contribution in [2.24, 2.45) is 5.92 Å². The Morgan fingerprint density at radius 1 is 1.08 bits per heavy atom. The Bertz CT molecular complexity index is 693. The number of piperidine rings is 1. The number of likely N-dealkylation sites (tertiary alicyclic amines) is 1. The molecule has 0 saturated carbocycles. The summed E-state index contributed by atoms with van der Waals surface area (Å²) < 4.78 is 0. The number of nitrogens with zero attached hydrogens (tertiary/aromatic N) is 1. The van der Waals surface area contributed by atoms with Crippen molar-refractivity contribution in [3.63, 3.8) is 0 Å². The number of phenolic OH excluding ortho intramolecular Hbond substituents is 1. The Kier molecular flexibility index (Phi) is 5.67. The minimum Gasteiger partial charge on any atom is -0.508 e. The number of phenols is 1. The number of aliphatic hydroxyl groups is 1. The maximum atomic E-state index is 10.2. The van der Waals surface area contributed by atoms with Crippen LogP contribution in [0.3, 0.4) is 0 Å². The van der Waals surface area contributed by atoms with E-state index in [0.29, 0.717) is 22.5 Å². The van der Waals surface area contributed by atoms with Crippen molar-refractivity contribution < 1.29 is 10.2 Å². The highest BCUT2D eigenvalue weighted by molar-refractivity contribution is 6.42. The molecule has 2 atom stereocenters. The normalized spacial score (nSPS) is 21.8. The third kappa shape index (κ3) is 3.86. The second kappa shape index (κ2) is 7.75. The van der Waals surface area contributed by atoms with E-state index in [-0.39, 0.29) is 18.4 Å². The van der Waals surface area contributed by atoms with Gasteiger partial charge >= 0.3 is 0 Å². The first-order chi connectivity index (χ1) is 11.6. The predicted octanol–water partition coefficient (Wildman–Crippen LogP) is 4.64. The Labute approximate surface area is 152 Å². The fourth-order valence-corrected chi connectivity index (χ4v) is 3.73. The fourth-order valence-electron chi connectivity index (χ4n) is 3.39. The van der Waals surface area contributed by atoms with Crippen LogP contribution in [0.2, 0.25) is 10.0 Å². The standard InChI is InChI=1S/C19H21Cl2NO2/c20-16-9-15(19(24)10-17(16)21)11-22-7-6-13(12-23)8-18(22)14-4-2-1-3-5-14/h1-5,9-10,13,18,23-24H,6-8,11-12H2/t13-,18+/m1/s1. The first-order valence-electron chi connectivity index (χ1n) is 8.15. The highest BCUT2D eigenvalue weighted by atomic mass is 35.5. The maximum absolute atomic E-state index is 10.2. The molecule has 0 amide bonds. The van der Waals surface area contributed by atoms with Gasteiger partial charge in [-0.1, -0.05) is 53.5 Å². The van der Waals surface area contributed by atoms with Crippen LogP contribution in [-0.4, -0.2) is 28.3 Å². The van der Waals surface area contributed by atoms with Gasteiger partial charge in [-0.3, -0.25) is 4.90 Å². The summed E-state index contributed by atoms with van der Waals surface area (Å²) in [5.74, 6) is 0.481. The van der Waals surface area contributed by atoms with Gasteiger partial charge in [-0.2, -0.15) is 0 Å². The zero-order valence-corrected chi connectivity index (χ0v) is 14.8. The molecule has 1 heterocycles. The Morgan fingerprint density at radius 2 is 1.79 bits per heavy atom. The Hall–Kier alpha value is -1.26. The van der Waals surface area contributed by atoms with E-state index in [4.69, 9.17) is 23.2 Å². The number of hydrogen-bond donors (Lipinski definition) is 2. The number of hydrogen-bond acceptors (Lipinski definition) is 3. The quantitative estimate of drug-likeness (QED) is 0.828. The van der Waals surface area contributed by atoms with Crippen molar-refractivity contribution in [1.29, 1.82) is 0 Å². The average molecular weight is 366 g/mol. The van der Waals surface area contributed by atoms with Crippen molar-refractivity contribution in [3.05, 3.63) is 63.6 Å². The summed E-state index contributed by atoms with van der Waals surface area (Å²) >= 11 is 12.1. The van der Waals surface area contributed by atoms with E-state index in [0.717, 1.165) is 24.9 Å². The molecule has 2 N–H and O–H groups in total. The highest BCUT2D eigenvalue weighted by Crippen LogP contribution is 2.37. The summed E-state index contributed by atoms with van der Waals surface area (Å²) in [7, 11) is 0. The number of aromatic hydroxyl groups is 1. The minimum atomic E-state index is 0.167. The van der Waals surface area contributed by atoms with E-state index in [1.165, 1.54) is 11.6 Å². The summed E-state index contributed by atoms with van der Waals surface area (Å²) in [6, 6.07) is 13.8. The van der Waals surface area contributed by atoms with Gasteiger partial charge in [0.05, 0.1) is 10.0 Å². The molecule has 3 rings (SSSR count). The molecule has 0 aromatic heterocycles. The van der Waals surface area contributed by atoms with Gasteiger partial charge in [-0.15, -0.1) is 0 Å². The zero-order chi connectivity index (χ0) is 17.1. The third-order valence-electron chi connectivity index (χ3n) is 4.76. The van der Waals surface area contributed by atoms with Crippen molar-refractivity contribution in [3.8, 4) is 5.75 Å². The van der Waals surface area contributed by atoms with Gasteiger partial charge < -0.3 is 10.2 Å². The topological polar surface area (TPSA) is 43.7 Å². The molecule has 128 valence electrons. The fraction of sp³-hybridized carbons (Fsp3) is 0.368. The van der Waals surface area contributed by atoms with Gasteiger partial charge in [0.15, 0.2) is 0 Å². The van der Waals surface area contributed by atoms with E-state index in [1.54, 1.807) is 6.07 Å². The Morgan fingerprint density at radius 3 is 2.50 bits per heavy atom. The summed E-state index contributed by atoms with van der Waals surface area (Å²) in [5, 5.41) is 20.6. The molecular weight excluding hydrogens is 345 g/mol. The van der Waals surface area contributed by atoms with E-state index in [9.17, 15) is 10.2 Å². The van der Waals surface area contributed by atoms with Crippen LogP contribution < -0.4 is 0 Å². The molecule has 2 aromatic rings. The van der Waals surface area contributed by atoms with Crippen LogP contribution in [0.5, 0.6) is 5.75 Å².